The van der Waals surface area contributed by atoms with Crippen LogP contribution in [0, 0.1) is 0 Å². The summed E-state index contributed by atoms with van der Waals surface area (Å²) in [6.45, 7) is 3.45. The van der Waals surface area contributed by atoms with Crippen LogP contribution < -0.4 is 10.6 Å². The average Bonchev–Trinajstić information content (AvgIpc) is 2.71. The molecule has 0 radical (unpaired) electrons. The van der Waals surface area contributed by atoms with Crippen LogP contribution in [0.15, 0.2) is 53.4 Å². The summed E-state index contributed by atoms with van der Waals surface area (Å²) in [5.74, 6) is 1.77. The molecule has 2 N–H and O–H groups in total. The van der Waals surface area contributed by atoms with Gasteiger partial charge in [-0.1, -0.05) is 24.3 Å². The van der Waals surface area contributed by atoms with Gasteiger partial charge in [-0.15, -0.1) is 11.8 Å². The van der Waals surface area contributed by atoms with Crippen molar-refractivity contribution >= 4 is 28.5 Å². The molecule has 0 amide bonds. The molecule has 2 aromatic carbocycles. The molecule has 0 saturated heterocycles. The zero-order valence-electron chi connectivity index (χ0n) is 16.9. The lowest BCUT2D eigenvalue weighted by Gasteiger charge is -2.17. The van der Waals surface area contributed by atoms with Crippen molar-refractivity contribution in [1.29, 1.82) is 0 Å². The summed E-state index contributed by atoms with van der Waals surface area (Å²) in [6.07, 6.45) is 3.15. The Bertz CT molecular complexity index is 882. The van der Waals surface area contributed by atoms with Crippen LogP contribution in [0.25, 0.3) is 10.9 Å². The minimum Gasteiger partial charge on any atom is -0.369 e. The van der Waals surface area contributed by atoms with Crippen LogP contribution in [0.3, 0.4) is 0 Å². The van der Waals surface area contributed by atoms with Gasteiger partial charge >= 0.3 is 0 Å². The SMILES string of the molecule is CNCCCNc1nc(CN(C)Cc2ccc(SC)cc2)nc2ccccc12. The highest BCUT2D eigenvalue weighted by molar-refractivity contribution is 7.98. The fourth-order valence-electron chi connectivity index (χ4n) is 3.14. The highest BCUT2D eigenvalue weighted by Crippen LogP contribution is 2.21. The Balaban J connectivity index is 1.72. The van der Waals surface area contributed by atoms with Gasteiger partial charge in [-0.25, -0.2) is 9.97 Å². The Morgan fingerprint density at radius 1 is 0.964 bits per heavy atom. The number of nitrogens with zero attached hydrogens (tertiary/aromatic N) is 3. The Kier molecular flexibility index (Phi) is 7.65. The number of hydrogen-bond acceptors (Lipinski definition) is 6. The molecule has 0 aliphatic rings. The average molecular weight is 396 g/mol. The number of nitrogens with one attached hydrogen (secondary N) is 2. The predicted molar refractivity (Wildman–Crippen MR) is 120 cm³/mol. The third-order valence-electron chi connectivity index (χ3n) is 4.57. The standard InChI is InChI=1S/C22H29N5S/c1-23-13-6-14-24-22-19-7-4-5-8-20(19)25-21(26-22)16-27(2)15-17-9-11-18(28-3)12-10-17/h4-5,7-12,23H,6,13-16H2,1-3H3,(H,24,25,26). The summed E-state index contributed by atoms with van der Waals surface area (Å²) in [5.41, 5.74) is 2.29. The smallest absolute Gasteiger partial charge is 0.145 e. The Labute approximate surface area is 172 Å². The van der Waals surface area contributed by atoms with Crippen LogP contribution in [0.1, 0.15) is 17.8 Å². The number of benzene rings is 2. The quantitative estimate of drug-likeness (QED) is 0.400. The summed E-state index contributed by atoms with van der Waals surface area (Å²) in [4.78, 5) is 13.1. The summed E-state index contributed by atoms with van der Waals surface area (Å²) < 4.78 is 0. The summed E-state index contributed by atoms with van der Waals surface area (Å²) in [5, 5.41) is 7.74. The molecule has 0 atom stereocenters. The van der Waals surface area contributed by atoms with Gasteiger partial charge in [0.15, 0.2) is 0 Å². The fourth-order valence-corrected chi connectivity index (χ4v) is 3.55. The van der Waals surface area contributed by atoms with Gasteiger partial charge in [0.25, 0.3) is 0 Å². The monoisotopic (exact) mass is 395 g/mol. The van der Waals surface area contributed by atoms with Gasteiger partial charge in [0.1, 0.15) is 11.6 Å². The Morgan fingerprint density at radius 3 is 2.50 bits per heavy atom. The van der Waals surface area contributed by atoms with Gasteiger partial charge in [-0.2, -0.15) is 0 Å². The molecule has 0 unspecified atom stereocenters. The van der Waals surface area contributed by atoms with Crippen molar-refractivity contribution in [2.75, 3.05) is 38.8 Å². The van der Waals surface area contributed by atoms with E-state index in [1.54, 1.807) is 11.8 Å². The van der Waals surface area contributed by atoms with Crippen molar-refractivity contribution < 1.29 is 0 Å². The highest BCUT2D eigenvalue weighted by Gasteiger charge is 2.10. The minimum atomic E-state index is 0.709. The van der Waals surface area contributed by atoms with E-state index in [0.29, 0.717) is 6.54 Å². The number of rotatable bonds is 10. The van der Waals surface area contributed by atoms with Crippen LogP contribution in [0.2, 0.25) is 0 Å². The van der Waals surface area contributed by atoms with Crippen LogP contribution in [0.5, 0.6) is 0 Å². The van der Waals surface area contributed by atoms with Crippen LogP contribution in [0.4, 0.5) is 5.82 Å². The van der Waals surface area contributed by atoms with Gasteiger partial charge in [-0.3, -0.25) is 4.90 Å². The number of hydrogen-bond donors (Lipinski definition) is 2. The third kappa shape index (κ3) is 5.67. The van der Waals surface area contributed by atoms with E-state index in [-0.39, 0.29) is 0 Å². The molecule has 1 aromatic heterocycles. The molecule has 0 bridgehead atoms. The summed E-state index contributed by atoms with van der Waals surface area (Å²) in [6, 6.07) is 16.9. The molecule has 0 spiro atoms. The van der Waals surface area contributed by atoms with E-state index in [4.69, 9.17) is 9.97 Å². The molecule has 0 aliphatic heterocycles. The van der Waals surface area contributed by atoms with E-state index in [2.05, 4.69) is 65.2 Å². The zero-order valence-corrected chi connectivity index (χ0v) is 17.7. The molecule has 6 heteroatoms. The largest absolute Gasteiger partial charge is 0.369 e. The van der Waals surface area contributed by atoms with E-state index in [9.17, 15) is 0 Å². The molecule has 1 heterocycles. The second-order valence-electron chi connectivity index (χ2n) is 6.91. The maximum atomic E-state index is 4.82. The summed E-state index contributed by atoms with van der Waals surface area (Å²) in [7, 11) is 4.09. The maximum absolute atomic E-state index is 4.82. The lowest BCUT2D eigenvalue weighted by Crippen LogP contribution is -2.20. The lowest BCUT2D eigenvalue weighted by atomic mass is 10.2. The van der Waals surface area contributed by atoms with E-state index in [1.165, 1.54) is 10.5 Å². The molecule has 3 rings (SSSR count). The number of anilines is 1. The van der Waals surface area contributed by atoms with Gasteiger partial charge < -0.3 is 10.6 Å². The second-order valence-corrected chi connectivity index (χ2v) is 7.79. The first-order valence-electron chi connectivity index (χ1n) is 9.65. The highest BCUT2D eigenvalue weighted by atomic mass is 32.2. The third-order valence-corrected chi connectivity index (χ3v) is 5.31. The molecule has 28 heavy (non-hydrogen) atoms. The van der Waals surface area contributed by atoms with Crippen molar-refractivity contribution in [3.05, 3.63) is 59.9 Å². The predicted octanol–water partition coefficient (Wildman–Crippen LogP) is 4.01. The number of para-hydroxylation sites is 1. The van der Waals surface area contributed by atoms with Crippen LogP contribution >= 0.6 is 11.8 Å². The topological polar surface area (TPSA) is 53.1 Å². The summed E-state index contributed by atoms with van der Waals surface area (Å²) >= 11 is 1.77. The molecule has 148 valence electrons. The van der Waals surface area contributed by atoms with Crippen molar-refractivity contribution in [2.45, 2.75) is 24.4 Å². The first-order chi connectivity index (χ1) is 13.7. The number of aromatic nitrogens is 2. The Morgan fingerprint density at radius 2 is 1.75 bits per heavy atom. The van der Waals surface area contributed by atoms with Gasteiger partial charge in [0, 0.05) is 23.4 Å². The van der Waals surface area contributed by atoms with E-state index in [0.717, 1.165) is 48.6 Å². The number of fused-ring (bicyclic) bond motifs is 1. The molecule has 3 aromatic rings. The molecule has 0 saturated carbocycles. The lowest BCUT2D eigenvalue weighted by molar-refractivity contribution is 0.311. The van der Waals surface area contributed by atoms with Crippen molar-refractivity contribution in [1.82, 2.24) is 20.2 Å². The fraction of sp³-hybridized carbons (Fsp3) is 0.364. The van der Waals surface area contributed by atoms with Crippen LogP contribution in [-0.2, 0) is 13.1 Å². The zero-order chi connectivity index (χ0) is 19.8. The second kappa shape index (κ2) is 10.4. The maximum Gasteiger partial charge on any atom is 0.145 e. The number of thioether (sulfide) groups is 1. The first kappa shape index (κ1) is 20.6. The molecular weight excluding hydrogens is 366 g/mol. The molecule has 0 aliphatic carbocycles. The first-order valence-corrected chi connectivity index (χ1v) is 10.9. The van der Waals surface area contributed by atoms with Crippen molar-refractivity contribution in [2.24, 2.45) is 0 Å². The Hall–Kier alpha value is -2.15. The van der Waals surface area contributed by atoms with Gasteiger partial charge in [0.2, 0.25) is 0 Å². The molecular formula is C22H29N5S. The van der Waals surface area contributed by atoms with Crippen molar-refractivity contribution in [3.8, 4) is 0 Å². The van der Waals surface area contributed by atoms with E-state index < -0.39 is 0 Å². The van der Waals surface area contributed by atoms with Gasteiger partial charge in [-0.05, 0) is 63.1 Å². The van der Waals surface area contributed by atoms with Gasteiger partial charge in [0.05, 0.1) is 12.1 Å². The normalized spacial score (nSPS) is 11.3. The van der Waals surface area contributed by atoms with Crippen molar-refractivity contribution in [3.63, 3.8) is 0 Å². The van der Waals surface area contributed by atoms with Crippen LogP contribution in [-0.4, -0.2) is 48.3 Å². The van der Waals surface area contributed by atoms with E-state index >= 15 is 0 Å². The molecule has 5 nitrogen and oxygen atoms in total. The van der Waals surface area contributed by atoms with E-state index in [1.807, 2.05) is 19.2 Å². The molecule has 0 fully saturated rings. The minimum absolute atomic E-state index is 0.709.